The minimum Gasteiger partial charge on any atom is -0.326 e. The van der Waals surface area contributed by atoms with E-state index in [2.05, 4.69) is 6.92 Å². The van der Waals surface area contributed by atoms with Gasteiger partial charge in [0.15, 0.2) is 0 Å². The number of hydrogen-bond acceptors (Lipinski definition) is 6. The van der Waals surface area contributed by atoms with Gasteiger partial charge in [0.1, 0.15) is 0 Å². The van der Waals surface area contributed by atoms with Crippen molar-refractivity contribution in [3.63, 3.8) is 0 Å². The number of rotatable bonds is 1. The summed E-state index contributed by atoms with van der Waals surface area (Å²) in [5.41, 5.74) is 11.6. The summed E-state index contributed by atoms with van der Waals surface area (Å²) >= 11 is 0. The van der Waals surface area contributed by atoms with Crippen LogP contribution in [0.2, 0.25) is 0 Å². The van der Waals surface area contributed by atoms with E-state index in [0.717, 1.165) is 18.8 Å². The maximum Gasteiger partial charge on any atom is 0.394 e. The molecule has 1 aliphatic rings. The highest BCUT2D eigenvalue weighted by Gasteiger charge is 2.23. The molecule has 124 valence electrons. The Kier molecular flexibility index (Phi) is 10.5. The average Bonchev–Trinajstić information content (AvgIpc) is 2.17. The summed E-state index contributed by atoms with van der Waals surface area (Å²) < 4.78 is 63.2. The zero-order valence-corrected chi connectivity index (χ0v) is 12.6. The molecule has 0 bridgehead atoms. The summed E-state index contributed by atoms with van der Waals surface area (Å²) in [6, 6.07) is 0.529. The molecule has 0 aromatic heterocycles. The molecule has 8 N–H and O–H groups in total. The second-order valence-electron chi connectivity index (χ2n) is 4.31. The molecule has 0 radical (unpaired) electrons. The lowest BCUT2D eigenvalue weighted by atomic mass is 9.82. The smallest absolute Gasteiger partial charge is 0.326 e. The average molecular weight is 338 g/mol. The van der Waals surface area contributed by atoms with Crippen molar-refractivity contribution in [3.05, 3.63) is 0 Å². The first-order valence-electron chi connectivity index (χ1n) is 5.65. The molecule has 0 aliphatic heterocycles. The van der Waals surface area contributed by atoms with E-state index in [1.807, 2.05) is 0 Å². The van der Waals surface area contributed by atoms with Crippen LogP contribution in [0.15, 0.2) is 0 Å². The standard InChI is InChI=1S/C8H18N2.2H2O4S/c1-2-6-3-4-7(9)8(10)5-6;2*1-5(2,3)4/h6-8H,2-5,9-10H2,1H3;2*(H2,1,2,3,4)/t6?,7-,8-;;/m1../s1. The van der Waals surface area contributed by atoms with E-state index in [1.54, 1.807) is 0 Å². The second kappa shape index (κ2) is 9.57. The second-order valence-corrected chi connectivity index (χ2v) is 6.10. The molecule has 0 aromatic carbocycles. The summed E-state index contributed by atoms with van der Waals surface area (Å²) in [7, 11) is -9.33. The van der Waals surface area contributed by atoms with Crippen molar-refractivity contribution >= 4 is 20.8 Å². The predicted molar refractivity (Wildman–Crippen MR) is 71.9 cm³/mol. The third-order valence-electron chi connectivity index (χ3n) is 2.64. The van der Waals surface area contributed by atoms with Crippen molar-refractivity contribution in [2.45, 2.75) is 44.7 Å². The van der Waals surface area contributed by atoms with Gasteiger partial charge in [-0.25, -0.2) is 0 Å². The van der Waals surface area contributed by atoms with Crippen molar-refractivity contribution in [1.29, 1.82) is 0 Å². The van der Waals surface area contributed by atoms with Crippen molar-refractivity contribution in [2.75, 3.05) is 0 Å². The first-order valence-corrected chi connectivity index (χ1v) is 8.44. The van der Waals surface area contributed by atoms with Crippen LogP contribution in [0.1, 0.15) is 32.6 Å². The molecule has 1 unspecified atom stereocenters. The van der Waals surface area contributed by atoms with Gasteiger partial charge >= 0.3 is 20.8 Å². The molecule has 3 atom stereocenters. The zero-order valence-electron chi connectivity index (χ0n) is 11.0. The zero-order chi connectivity index (χ0) is 16.6. The predicted octanol–water partition coefficient (Wildman–Crippen LogP) is -0.454. The van der Waals surface area contributed by atoms with Crippen LogP contribution in [0.25, 0.3) is 0 Å². The summed E-state index contributed by atoms with van der Waals surface area (Å²) in [5.74, 6) is 0.842. The van der Waals surface area contributed by atoms with Gasteiger partial charge in [0.2, 0.25) is 0 Å². The lowest BCUT2D eigenvalue weighted by molar-refractivity contribution is 0.283. The lowest BCUT2D eigenvalue weighted by Crippen LogP contribution is -2.45. The summed E-state index contributed by atoms with van der Waals surface area (Å²) in [5, 5.41) is 0. The maximum absolute atomic E-state index is 8.74. The minimum absolute atomic E-state index is 0.263. The SMILES string of the molecule is CCC1CC[C@@H](N)[C@H](N)C1.O=S(=O)(O)O.O=S(=O)(O)O. The molecular weight excluding hydrogens is 316 g/mol. The first kappa shape index (κ1) is 21.9. The Labute approximate surface area is 118 Å². The lowest BCUT2D eigenvalue weighted by Gasteiger charge is -2.30. The quantitative estimate of drug-likeness (QED) is 0.340. The molecule has 1 aliphatic carbocycles. The molecule has 0 spiro atoms. The molecule has 20 heavy (non-hydrogen) atoms. The van der Waals surface area contributed by atoms with E-state index in [-0.39, 0.29) is 12.1 Å². The highest BCUT2D eigenvalue weighted by atomic mass is 32.3. The minimum atomic E-state index is -4.67. The van der Waals surface area contributed by atoms with Crippen LogP contribution in [-0.2, 0) is 20.8 Å². The third-order valence-corrected chi connectivity index (χ3v) is 2.64. The Morgan fingerprint density at radius 3 is 1.50 bits per heavy atom. The van der Waals surface area contributed by atoms with E-state index in [4.69, 9.17) is 46.5 Å². The highest BCUT2D eigenvalue weighted by Crippen LogP contribution is 2.24. The molecule has 1 fully saturated rings. The van der Waals surface area contributed by atoms with Gasteiger partial charge in [-0.05, 0) is 25.2 Å². The molecular formula is C8H22N2O8S2. The molecule has 0 aromatic rings. The van der Waals surface area contributed by atoms with Crippen LogP contribution in [0.3, 0.4) is 0 Å². The maximum atomic E-state index is 8.74. The molecule has 1 rings (SSSR count). The summed E-state index contributed by atoms with van der Waals surface area (Å²) in [6.45, 7) is 2.23. The topological polar surface area (TPSA) is 201 Å². The Morgan fingerprint density at radius 1 is 0.900 bits per heavy atom. The van der Waals surface area contributed by atoms with Gasteiger partial charge in [-0.3, -0.25) is 18.2 Å². The molecule has 0 amide bonds. The fourth-order valence-corrected chi connectivity index (χ4v) is 1.69. The van der Waals surface area contributed by atoms with Crippen molar-refractivity contribution in [1.82, 2.24) is 0 Å². The number of nitrogens with two attached hydrogens (primary N) is 2. The van der Waals surface area contributed by atoms with E-state index < -0.39 is 20.8 Å². The molecule has 12 heteroatoms. The van der Waals surface area contributed by atoms with Gasteiger partial charge in [-0.2, -0.15) is 16.8 Å². The molecule has 10 nitrogen and oxygen atoms in total. The Bertz CT molecular complexity index is 403. The van der Waals surface area contributed by atoms with Gasteiger partial charge < -0.3 is 11.5 Å². The number of hydrogen-bond donors (Lipinski definition) is 6. The molecule has 0 saturated heterocycles. The van der Waals surface area contributed by atoms with Crippen LogP contribution < -0.4 is 11.5 Å². The van der Waals surface area contributed by atoms with Crippen LogP contribution in [0, 0.1) is 5.92 Å². The van der Waals surface area contributed by atoms with E-state index in [9.17, 15) is 0 Å². The largest absolute Gasteiger partial charge is 0.394 e. The van der Waals surface area contributed by atoms with Gasteiger partial charge in [0, 0.05) is 12.1 Å². The first-order chi connectivity index (χ1) is 8.74. The Hall–Kier alpha value is -0.340. The fourth-order valence-electron chi connectivity index (χ4n) is 1.69. The van der Waals surface area contributed by atoms with Crippen LogP contribution in [0.5, 0.6) is 0 Å². The van der Waals surface area contributed by atoms with Crippen LogP contribution in [-0.4, -0.2) is 47.1 Å². The van der Waals surface area contributed by atoms with E-state index >= 15 is 0 Å². The Balaban J connectivity index is 0. The van der Waals surface area contributed by atoms with Crippen LogP contribution >= 0.6 is 0 Å². The highest BCUT2D eigenvalue weighted by molar-refractivity contribution is 7.80. The van der Waals surface area contributed by atoms with Gasteiger partial charge in [0.05, 0.1) is 0 Å². The normalized spacial score (nSPS) is 26.6. The van der Waals surface area contributed by atoms with Gasteiger partial charge in [-0.15, -0.1) is 0 Å². The summed E-state index contributed by atoms with van der Waals surface area (Å²) in [6.07, 6.45) is 4.81. The van der Waals surface area contributed by atoms with Gasteiger partial charge in [0.25, 0.3) is 0 Å². The van der Waals surface area contributed by atoms with Crippen LogP contribution in [0.4, 0.5) is 0 Å². The molecule has 0 heterocycles. The third kappa shape index (κ3) is 22.8. The van der Waals surface area contributed by atoms with Gasteiger partial charge in [-0.1, -0.05) is 13.3 Å². The van der Waals surface area contributed by atoms with E-state index in [1.165, 1.54) is 12.8 Å². The Morgan fingerprint density at radius 2 is 1.25 bits per heavy atom. The van der Waals surface area contributed by atoms with E-state index in [0.29, 0.717) is 0 Å². The summed E-state index contributed by atoms with van der Waals surface area (Å²) in [4.78, 5) is 0. The molecule has 1 saturated carbocycles. The van der Waals surface area contributed by atoms with Crippen molar-refractivity contribution < 1.29 is 35.0 Å². The fraction of sp³-hybridized carbons (Fsp3) is 1.00. The van der Waals surface area contributed by atoms with Crippen molar-refractivity contribution in [2.24, 2.45) is 17.4 Å². The van der Waals surface area contributed by atoms with Crippen molar-refractivity contribution in [3.8, 4) is 0 Å². The monoisotopic (exact) mass is 338 g/mol.